The molecule has 2 aromatic heterocycles. The summed E-state index contributed by atoms with van der Waals surface area (Å²) in [6.45, 7) is 9.48. The number of hydrogen-bond acceptors (Lipinski definition) is 6. The second-order valence-corrected chi connectivity index (χ2v) is 15.3. The Bertz CT molecular complexity index is 2330. The van der Waals surface area contributed by atoms with E-state index in [9.17, 15) is 0 Å². The van der Waals surface area contributed by atoms with Gasteiger partial charge in [-0.05, 0) is 108 Å². The maximum absolute atomic E-state index is 6.00. The predicted molar refractivity (Wildman–Crippen MR) is 202 cm³/mol. The second kappa shape index (κ2) is 10.6. The third kappa shape index (κ3) is 4.48. The quantitative estimate of drug-likeness (QED) is 0.188. The molecule has 0 atom stereocenters. The molecule has 6 heteroatoms. The Morgan fingerprint density at radius 3 is 1.27 bits per heavy atom. The Morgan fingerprint density at radius 2 is 0.843 bits per heavy atom. The number of hydrogen-bond donors (Lipinski definition) is 0. The highest BCUT2D eigenvalue weighted by molar-refractivity contribution is 5.99. The Kier molecular flexibility index (Phi) is 6.21. The lowest BCUT2D eigenvalue weighted by molar-refractivity contribution is 0.279. The number of aromatic nitrogens is 2. The fourth-order valence-corrected chi connectivity index (χ4v) is 8.39. The van der Waals surface area contributed by atoms with Crippen molar-refractivity contribution in [3.63, 3.8) is 0 Å². The van der Waals surface area contributed by atoms with Crippen LogP contribution in [0, 0.1) is 0 Å². The molecular weight excluding hydrogens is 629 g/mol. The van der Waals surface area contributed by atoms with Crippen LogP contribution >= 0.6 is 0 Å². The van der Waals surface area contributed by atoms with Gasteiger partial charge in [0.15, 0.2) is 0 Å². The van der Waals surface area contributed by atoms with Crippen LogP contribution in [0.2, 0.25) is 0 Å². The molecule has 10 rings (SSSR count). The summed E-state index contributed by atoms with van der Waals surface area (Å²) < 4.78 is 12.0. The zero-order valence-electron chi connectivity index (χ0n) is 29.1. The first kappa shape index (κ1) is 30.0. The fraction of sp³-hybridized carbons (Fsp3) is 0.200. The topological polar surface area (TPSA) is 69.0 Å². The fourth-order valence-electron chi connectivity index (χ4n) is 8.39. The smallest absolute Gasteiger partial charge is 0.218 e. The van der Waals surface area contributed by atoms with E-state index >= 15 is 0 Å². The van der Waals surface area contributed by atoms with Crippen LogP contribution in [0.4, 0.5) is 0 Å². The second-order valence-electron chi connectivity index (χ2n) is 15.3. The van der Waals surface area contributed by atoms with Crippen molar-refractivity contribution in [2.45, 2.75) is 44.2 Å². The van der Waals surface area contributed by atoms with Gasteiger partial charge in [0.2, 0.25) is 11.8 Å². The normalized spacial score (nSPS) is 17.9. The summed E-state index contributed by atoms with van der Waals surface area (Å²) in [6, 6.07) is 35.9. The van der Waals surface area contributed by atoms with Crippen LogP contribution in [0.3, 0.4) is 0 Å². The molecule has 6 aromatic rings. The average Bonchev–Trinajstić information content (AvgIpc) is 3.88. The SMILES string of the molecule is CC1(C)COC(c2cncc(-c3ccc4c(c3)C3(c5ccccc5-c5ccccc53)c3cc(-c5cncc(C6=NC(C)(C)CO6)c5)ccc3-4)c2)=N1. The molecule has 0 saturated carbocycles. The molecule has 0 unspecified atom stereocenters. The third-order valence-electron chi connectivity index (χ3n) is 10.7. The van der Waals surface area contributed by atoms with Gasteiger partial charge in [0.1, 0.15) is 13.2 Å². The molecule has 0 saturated heterocycles. The monoisotopic (exact) mass is 664 g/mol. The summed E-state index contributed by atoms with van der Waals surface area (Å²) in [5.74, 6) is 1.30. The standard InChI is InChI=1S/C45H36N4O2/c1-43(2)25-50-41(48-43)31-17-29(21-46-23-31)27-13-15-35-36-16-14-28(30-18-32(24-47-22-30)42-49-44(3,4)26-51-42)20-40(36)45(39(35)19-27)37-11-7-5-9-33(37)34-10-6-8-12-38(34)45/h5-24H,25-26H2,1-4H3. The van der Waals surface area contributed by atoms with E-state index in [4.69, 9.17) is 19.5 Å². The molecule has 4 aromatic carbocycles. The van der Waals surface area contributed by atoms with Crippen LogP contribution in [0.25, 0.3) is 44.5 Å². The van der Waals surface area contributed by atoms with Gasteiger partial charge in [0, 0.05) is 35.9 Å². The van der Waals surface area contributed by atoms with E-state index in [1.165, 1.54) is 44.5 Å². The van der Waals surface area contributed by atoms with Gasteiger partial charge in [-0.15, -0.1) is 0 Å². The van der Waals surface area contributed by atoms with Gasteiger partial charge in [0.05, 0.1) is 27.6 Å². The van der Waals surface area contributed by atoms with Gasteiger partial charge >= 0.3 is 0 Å². The number of pyridine rings is 2. The van der Waals surface area contributed by atoms with Gasteiger partial charge < -0.3 is 9.47 Å². The number of benzene rings is 4. The number of aliphatic imine (C=N–C) groups is 2. The first-order valence-electron chi connectivity index (χ1n) is 17.6. The summed E-state index contributed by atoms with van der Waals surface area (Å²) in [6.07, 6.45) is 7.56. The zero-order valence-corrected chi connectivity index (χ0v) is 29.1. The van der Waals surface area contributed by atoms with Crippen LogP contribution in [0.5, 0.6) is 0 Å². The third-order valence-corrected chi connectivity index (χ3v) is 10.7. The van der Waals surface area contributed by atoms with Crippen molar-refractivity contribution in [2.24, 2.45) is 9.98 Å². The molecule has 248 valence electrons. The maximum Gasteiger partial charge on any atom is 0.218 e. The van der Waals surface area contributed by atoms with Crippen molar-refractivity contribution in [2.75, 3.05) is 13.2 Å². The number of fused-ring (bicyclic) bond motifs is 10. The molecule has 1 spiro atoms. The van der Waals surface area contributed by atoms with E-state index in [-0.39, 0.29) is 11.1 Å². The highest BCUT2D eigenvalue weighted by atomic mass is 16.5. The molecule has 6 nitrogen and oxygen atoms in total. The minimum Gasteiger partial charge on any atom is -0.475 e. The molecule has 51 heavy (non-hydrogen) atoms. The van der Waals surface area contributed by atoms with Crippen LogP contribution in [-0.2, 0) is 14.9 Å². The molecule has 2 aliphatic heterocycles. The highest BCUT2D eigenvalue weighted by Gasteiger charge is 2.51. The molecule has 0 bridgehead atoms. The van der Waals surface area contributed by atoms with Crippen molar-refractivity contribution in [1.29, 1.82) is 0 Å². The molecule has 4 aliphatic rings. The van der Waals surface area contributed by atoms with Crippen molar-refractivity contribution in [1.82, 2.24) is 9.97 Å². The summed E-state index contributed by atoms with van der Waals surface area (Å²) in [5, 5.41) is 0. The van der Waals surface area contributed by atoms with Crippen molar-refractivity contribution >= 4 is 11.8 Å². The van der Waals surface area contributed by atoms with E-state index in [0.717, 1.165) is 33.4 Å². The molecule has 0 amide bonds. The van der Waals surface area contributed by atoms with Gasteiger partial charge in [-0.2, -0.15) is 0 Å². The van der Waals surface area contributed by atoms with Gasteiger partial charge in [-0.25, -0.2) is 9.98 Å². The lowest BCUT2D eigenvalue weighted by Crippen LogP contribution is -2.26. The van der Waals surface area contributed by atoms with Crippen LogP contribution in [0.1, 0.15) is 61.1 Å². The molecule has 0 radical (unpaired) electrons. The van der Waals surface area contributed by atoms with Crippen molar-refractivity contribution in [3.05, 3.63) is 155 Å². The van der Waals surface area contributed by atoms with Crippen LogP contribution < -0.4 is 0 Å². The molecule has 2 aliphatic carbocycles. The Balaban J connectivity index is 1.17. The predicted octanol–water partition coefficient (Wildman–Crippen LogP) is 9.26. The first-order valence-corrected chi connectivity index (χ1v) is 17.6. The molecule has 4 heterocycles. The number of rotatable bonds is 4. The lowest BCUT2D eigenvalue weighted by Gasteiger charge is -2.31. The van der Waals surface area contributed by atoms with Gasteiger partial charge in [-0.3, -0.25) is 9.97 Å². The van der Waals surface area contributed by atoms with E-state index in [1.54, 1.807) is 0 Å². The Morgan fingerprint density at radius 1 is 0.431 bits per heavy atom. The highest BCUT2D eigenvalue weighted by Crippen LogP contribution is 2.63. The number of ether oxygens (including phenoxy) is 2. The first-order chi connectivity index (χ1) is 24.7. The summed E-state index contributed by atoms with van der Waals surface area (Å²) in [7, 11) is 0. The minimum atomic E-state index is -0.509. The van der Waals surface area contributed by atoms with Gasteiger partial charge in [0.25, 0.3) is 0 Å². The van der Waals surface area contributed by atoms with Crippen LogP contribution in [-0.4, -0.2) is 46.1 Å². The largest absolute Gasteiger partial charge is 0.475 e. The van der Waals surface area contributed by atoms with Crippen molar-refractivity contribution < 1.29 is 9.47 Å². The van der Waals surface area contributed by atoms with E-state index in [0.29, 0.717) is 25.0 Å². The summed E-state index contributed by atoms with van der Waals surface area (Å²) >= 11 is 0. The lowest BCUT2D eigenvalue weighted by atomic mass is 9.70. The summed E-state index contributed by atoms with van der Waals surface area (Å²) in [5.41, 5.74) is 15.2. The summed E-state index contributed by atoms with van der Waals surface area (Å²) in [4.78, 5) is 18.9. The molecule has 0 N–H and O–H groups in total. The van der Waals surface area contributed by atoms with E-state index in [2.05, 4.69) is 135 Å². The van der Waals surface area contributed by atoms with Crippen LogP contribution in [0.15, 0.2) is 132 Å². The van der Waals surface area contributed by atoms with Gasteiger partial charge in [-0.1, -0.05) is 72.8 Å². The Labute approximate surface area is 297 Å². The molecule has 0 fully saturated rings. The molecular formula is C45H36N4O2. The average molecular weight is 665 g/mol. The zero-order chi connectivity index (χ0) is 34.5. The maximum atomic E-state index is 6.00. The van der Waals surface area contributed by atoms with E-state index in [1.807, 2.05) is 24.8 Å². The van der Waals surface area contributed by atoms with E-state index < -0.39 is 5.41 Å². The minimum absolute atomic E-state index is 0.244. The van der Waals surface area contributed by atoms with Crippen molar-refractivity contribution in [3.8, 4) is 44.5 Å². The number of nitrogens with zero attached hydrogens (tertiary/aromatic N) is 4. The Hall–Kier alpha value is -5.88.